The van der Waals surface area contributed by atoms with Crippen LogP contribution >= 0.6 is 7.60 Å². The molecule has 11 nitrogen and oxygen atoms in total. The van der Waals surface area contributed by atoms with Gasteiger partial charge in [-0.2, -0.15) is 8.78 Å². The zero-order valence-electron chi connectivity index (χ0n) is 22.8. The summed E-state index contributed by atoms with van der Waals surface area (Å²) in [5.41, 5.74) is -2.79. The average molecular weight is 620 g/mol. The van der Waals surface area contributed by atoms with Crippen molar-refractivity contribution in [1.29, 1.82) is 0 Å². The van der Waals surface area contributed by atoms with Crippen LogP contribution in [0, 0.1) is 0 Å². The van der Waals surface area contributed by atoms with Gasteiger partial charge in [0.25, 0.3) is 0 Å². The number of hydrogen-bond donors (Lipinski definition) is 1. The fourth-order valence-corrected chi connectivity index (χ4v) is 5.44. The van der Waals surface area contributed by atoms with Gasteiger partial charge < -0.3 is 33.5 Å². The van der Waals surface area contributed by atoms with E-state index in [1.807, 2.05) is 0 Å². The fourth-order valence-electron chi connectivity index (χ4n) is 4.15. The molecule has 0 saturated carbocycles. The van der Waals surface area contributed by atoms with E-state index in [0.717, 1.165) is 18.2 Å². The Kier molecular flexibility index (Phi) is 9.28. The molecular formula is C29H27F2O11P. The second-order valence-electron chi connectivity index (χ2n) is 9.35. The predicted octanol–water partition coefficient (Wildman–Crippen LogP) is 6.26. The zero-order valence-corrected chi connectivity index (χ0v) is 23.7. The first-order valence-corrected chi connectivity index (χ1v) is 14.4. The van der Waals surface area contributed by atoms with Crippen LogP contribution in [0.5, 0.6) is 23.0 Å². The number of benzene rings is 3. The van der Waals surface area contributed by atoms with E-state index in [0.29, 0.717) is 45.3 Å². The number of ether oxygens (including phenoxy) is 6. The molecule has 0 saturated heterocycles. The predicted molar refractivity (Wildman–Crippen MR) is 146 cm³/mol. The lowest BCUT2D eigenvalue weighted by Gasteiger charge is -2.26. The van der Waals surface area contributed by atoms with Crippen LogP contribution in [-0.2, 0) is 46.8 Å². The Labute approximate surface area is 245 Å². The number of fused-ring (bicyclic) bond motifs is 2. The molecule has 2 aliphatic heterocycles. The molecule has 0 amide bonds. The molecule has 0 unspecified atom stereocenters. The minimum Gasteiger partial charge on any atom is -0.478 e. The van der Waals surface area contributed by atoms with Crippen LogP contribution in [-0.4, -0.2) is 38.2 Å². The number of allylic oxidation sites excluding steroid dienone is 1. The maximum absolute atomic E-state index is 15.8. The Morgan fingerprint density at radius 2 is 1.33 bits per heavy atom. The third-order valence-electron chi connectivity index (χ3n) is 6.39. The first-order valence-electron chi connectivity index (χ1n) is 12.9. The Hall–Kier alpha value is -4.00. The SMILES string of the molecule is C/C(=C/C(=O)O)c1ccc(C(F)(F)P(=O)(OCOCc2ccc3c(c2)OCO3)OCOCc2ccc3c(c2)OCO3)cc1. The Morgan fingerprint density at radius 3 is 1.81 bits per heavy atom. The Morgan fingerprint density at radius 1 is 0.837 bits per heavy atom. The highest BCUT2D eigenvalue weighted by Crippen LogP contribution is 2.67. The van der Waals surface area contributed by atoms with Crippen LogP contribution in [0.1, 0.15) is 29.2 Å². The van der Waals surface area contributed by atoms with Gasteiger partial charge in [0.05, 0.1) is 13.2 Å². The lowest BCUT2D eigenvalue weighted by Crippen LogP contribution is -2.20. The molecule has 3 aromatic rings. The second-order valence-corrected chi connectivity index (χ2v) is 11.4. The van der Waals surface area contributed by atoms with Crippen molar-refractivity contribution in [2.24, 2.45) is 0 Å². The highest BCUT2D eigenvalue weighted by atomic mass is 31.2. The summed E-state index contributed by atoms with van der Waals surface area (Å²) in [6.07, 6.45) is 0.944. The molecule has 0 spiro atoms. The first kappa shape index (κ1) is 30.5. The first-order chi connectivity index (χ1) is 20.6. The van der Waals surface area contributed by atoms with Crippen LogP contribution < -0.4 is 18.9 Å². The number of aliphatic carboxylic acids is 1. The Balaban J connectivity index is 1.26. The fraction of sp³-hybridized carbons (Fsp3) is 0.276. The summed E-state index contributed by atoms with van der Waals surface area (Å²) in [5.74, 6) is 0.980. The van der Waals surface area contributed by atoms with Gasteiger partial charge in [0.1, 0.15) is 0 Å². The molecule has 0 aromatic heterocycles. The monoisotopic (exact) mass is 620 g/mol. The van der Waals surface area contributed by atoms with E-state index in [1.54, 1.807) is 36.4 Å². The van der Waals surface area contributed by atoms with E-state index in [4.69, 9.17) is 42.6 Å². The van der Waals surface area contributed by atoms with E-state index in [9.17, 15) is 9.36 Å². The van der Waals surface area contributed by atoms with Gasteiger partial charge in [-0.05, 0) is 53.5 Å². The van der Waals surface area contributed by atoms with Crippen molar-refractivity contribution in [3.05, 3.63) is 89.0 Å². The number of carboxylic acid groups (broad SMARTS) is 1. The number of hydrogen-bond acceptors (Lipinski definition) is 10. The summed E-state index contributed by atoms with van der Waals surface area (Å²) in [7, 11) is -5.26. The second kappa shape index (κ2) is 13.1. The standard InChI is InChI=1S/C29H27F2O11P/c1-19(10-28(32)33)22-4-6-23(7-5-22)29(30,31)43(34,41-15-35-13-20-2-8-24-26(11-20)39-17-37-24)42-16-36-14-21-3-9-25-27(12-21)40-18-38-25/h2-12H,13-18H2,1H3,(H,32,33)/b19-10-. The minimum absolute atomic E-state index is 0.0628. The van der Waals surface area contributed by atoms with Crippen LogP contribution in [0.25, 0.3) is 5.57 Å². The largest absolute Gasteiger partial charge is 0.478 e. The maximum Gasteiger partial charge on any atom is 0.408 e. The van der Waals surface area contributed by atoms with E-state index in [2.05, 4.69) is 0 Å². The molecule has 2 heterocycles. The number of rotatable bonds is 14. The summed E-state index contributed by atoms with van der Waals surface area (Å²) in [6.45, 7) is -0.00617. The van der Waals surface area contributed by atoms with Crippen molar-refractivity contribution in [2.75, 3.05) is 27.2 Å². The van der Waals surface area contributed by atoms with Gasteiger partial charge in [0.2, 0.25) is 13.6 Å². The van der Waals surface area contributed by atoms with E-state index in [1.165, 1.54) is 19.1 Å². The smallest absolute Gasteiger partial charge is 0.408 e. The van der Waals surface area contributed by atoms with Crippen LogP contribution in [0.15, 0.2) is 66.7 Å². The van der Waals surface area contributed by atoms with Gasteiger partial charge in [-0.1, -0.05) is 36.4 Å². The molecule has 2 aliphatic rings. The summed E-state index contributed by atoms with van der Waals surface area (Å²) >= 11 is 0. The van der Waals surface area contributed by atoms with Gasteiger partial charge in [-0.25, -0.2) is 4.79 Å². The van der Waals surface area contributed by atoms with Gasteiger partial charge in [0.15, 0.2) is 36.6 Å². The highest BCUT2D eigenvalue weighted by molar-refractivity contribution is 7.54. The third-order valence-corrected chi connectivity index (χ3v) is 8.23. The van der Waals surface area contributed by atoms with Crippen molar-refractivity contribution in [3.8, 4) is 23.0 Å². The number of carboxylic acids is 1. The molecule has 3 aromatic carbocycles. The zero-order chi connectivity index (χ0) is 30.5. The van der Waals surface area contributed by atoms with Crippen LogP contribution in [0.3, 0.4) is 0 Å². The lowest BCUT2D eigenvalue weighted by molar-refractivity contribution is -0.131. The van der Waals surface area contributed by atoms with Crippen molar-refractivity contribution in [1.82, 2.24) is 0 Å². The van der Waals surface area contributed by atoms with Crippen molar-refractivity contribution < 1.29 is 60.7 Å². The summed E-state index contributed by atoms with van der Waals surface area (Å²) in [5, 5.41) is 8.96. The molecule has 0 radical (unpaired) electrons. The summed E-state index contributed by atoms with van der Waals surface area (Å²) in [4.78, 5) is 11.0. The van der Waals surface area contributed by atoms with Gasteiger partial charge >= 0.3 is 19.2 Å². The van der Waals surface area contributed by atoms with Crippen molar-refractivity contribution >= 4 is 19.1 Å². The van der Waals surface area contributed by atoms with Crippen LogP contribution in [0.2, 0.25) is 0 Å². The number of carbonyl (C=O) groups is 1. The highest BCUT2D eigenvalue weighted by Gasteiger charge is 2.55. The average Bonchev–Trinajstić information content (AvgIpc) is 3.66. The number of halogens is 2. The Bertz CT molecular complexity index is 1470. The molecule has 228 valence electrons. The molecule has 14 heteroatoms. The molecule has 0 bridgehead atoms. The molecule has 5 rings (SSSR count). The van der Waals surface area contributed by atoms with Crippen LogP contribution in [0.4, 0.5) is 8.78 Å². The summed E-state index contributed by atoms with van der Waals surface area (Å²) in [6, 6.07) is 14.7. The summed E-state index contributed by atoms with van der Waals surface area (Å²) < 4.78 is 87.2. The maximum atomic E-state index is 15.8. The van der Waals surface area contributed by atoms with Gasteiger partial charge in [-0.3, -0.25) is 13.6 Å². The molecule has 0 aliphatic carbocycles. The van der Waals surface area contributed by atoms with Gasteiger partial charge in [0, 0.05) is 11.6 Å². The van der Waals surface area contributed by atoms with E-state index < -0.39 is 38.4 Å². The molecule has 0 atom stereocenters. The molecule has 43 heavy (non-hydrogen) atoms. The molecular weight excluding hydrogens is 593 g/mol. The third kappa shape index (κ3) is 7.15. The quantitative estimate of drug-likeness (QED) is 0.0950. The molecule has 0 fully saturated rings. The van der Waals surface area contributed by atoms with Crippen molar-refractivity contribution in [2.45, 2.75) is 25.8 Å². The normalized spacial score (nSPS) is 14.3. The lowest BCUT2D eigenvalue weighted by atomic mass is 10.1. The van der Waals surface area contributed by atoms with E-state index in [-0.39, 0.29) is 26.8 Å². The molecule has 1 N–H and O–H groups in total. The minimum atomic E-state index is -5.26. The number of alkyl halides is 2. The van der Waals surface area contributed by atoms with Crippen molar-refractivity contribution in [3.63, 3.8) is 0 Å². The topological polar surface area (TPSA) is 128 Å². The van der Waals surface area contributed by atoms with E-state index >= 15 is 8.78 Å². The van der Waals surface area contributed by atoms with Gasteiger partial charge in [-0.15, -0.1) is 0 Å².